The number of carbonyl (C=O) groups excluding carboxylic acids is 3. The highest BCUT2D eigenvalue weighted by Gasteiger charge is 2.67. The molecule has 8 nitrogen and oxygen atoms in total. The Morgan fingerprint density at radius 3 is 2.45 bits per heavy atom. The topological polar surface area (TPSA) is 90.4 Å². The quantitative estimate of drug-likeness (QED) is 0.188. The maximum absolute atomic E-state index is 16.4. The fourth-order valence-corrected chi connectivity index (χ4v) is 11.1. The van der Waals surface area contributed by atoms with Crippen LogP contribution in [0.1, 0.15) is 42.0 Å². The van der Waals surface area contributed by atoms with Gasteiger partial charge in [0.05, 0.1) is 37.4 Å². The van der Waals surface area contributed by atoms with Gasteiger partial charge in [-0.05, 0) is 66.5 Å². The standard InChI is InChI=1S/C36H39BrFN3O5Si/c1-22-34(47(2,3)38)31(18-33(44)40-20-25-7-5-4-6-24(25)16-28(40)21-42)46-36(22)29-17-26(37)10-13-30(29)41(35(36)45)19-23-8-11-27(12-9-23)39-15-14-32(39)43/h4-13,17,22,28,31,34,42H,14-16,18-21H2,1-3H3/t22-,28-,31+,34-,36+/m0/s1. The van der Waals surface area contributed by atoms with Crippen molar-refractivity contribution in [3.63, 3.8) is 0 Å². The molecule has 3 aromatic carbocycles. The second-order valence-electron chi connectivity index (χ2n) is 13.8. The number of anilines is 2. The number of ether oxygens (including phenoxy) is 1. The van der Waals surface area contributed by atoms with Crippen LogP contribution in [0, 0.1) is 5.92 Å². The van der Waals surface area contributed by atoms with Crippen molar-refractivity contribution in [1.82, 2.24) is 4.90 Å². The smallest absolute Gasteiger partial charge is 0.264 e. The van der Waals surface area contributed by atoms with Crippen LogP contribution in [0.15, 0.2) is 71.2 Å². The van der Waals surface area contributed by atoms with Gasteiger partial charge in [0.1, 0.15) is 0 Å². The van der Waals surface area contributed by atoms with Crippen molar-refractivity contribution in [2.45, 2.75) is 75.7 Å². The monoisotopic (exact) mass is 719 g/mol. The first kappa shape index (κ1) is 32.2. The molecule has 1 spiro atoms. The minimum atomic E-state index is -3.48. The first-order chi connectivity index (χ1) is 22.4. The Bertz CT molecular complexity index is 1750. The Hall–Kier alpha value is -3.38. The van der Waals surface area contributed by atoms with Crippen LogP contribution in [0.4, 0.5) is 15.5 Å². The van der Waals surface area contributed by atoms with Gasteiger partial charge in [-0.3, -0.25) is 14.4 Å². The van der Waals surface area contributed by atoms with Gasteiger partial charge in [0.15, 0.2) is 5.60 Å². The molecule has 246 valence electrons. The number of hydrogen-bond acceptors (Lipinski definition) is 5. The van der Waals surface area contributed by atoms with Crippen LogP contribution in [0.2, 0.25) is 18.6 Å². The van der Waals surface area contributed by atoms with Crippen LogP contribution in [0.3, 0.4) is 0 Å². The third-order valence-electron chi connectivity index (χ3n) is 10.6. The Morgan fingerprint density at radius 1 is 1.09 bits per heavy atom. The van der Waals surface area contributed by atoms with E-state index in [9.17, 15) is 19.5 Å². The number of aliphatic hydroxyl groups excluding tert-OH is 1. The summed E-state index contributed by atoms with van der Waals surface area (Å²) in [6, 6.07) is 20.8. The van der Waals surface area contributed by atoms with Crippen LogP contribution < -0.4 is 9.80 Å². The molecule has 0 unspecified atom stereocenters. The first-order valence-electron chi connectivity index (χ1n) is 16.3. The van der Waals surface area contributed by atoms with Gasteiger partial charge in [-0.2, -0.15) is 0 Å². The van der Waals surface area contributed by atoms with E-state index < -0.39 is 31.6 Å². The maximum Gasteiger partial charge on any atom is 0.264 e. The Labute approximate surface area is 283 Å². The van der Waals surface area contributed by atoms with E-state index in [1.165, 1.54) is 0 Å². The summed E-state index contributed by atoms with van der Waals surface area (Å²) in [5, 5.41) is 10.2. The fourth-order valence-electron chi connectivity index (χ4n) is 8.26. The normalized spacial score (nSPS) is 26.9. The molecule has 4 aliphatic heterocycles. The number of nitrogens with zero attached hydrogens (tertiary/aromatic N) is 3. The SMILES string of the molecule is C[C@H]1[C@H]([Si](C)(C)F)[C@@H](CC(=O)N2Cc3ccccc3C[C@H]2CO)O[C@]12C(=O)N(Cc1ccc(N3CCC3=O)cc1)c1ccc(Br)cc12. The average molecular weight is 721 g/mol. The van der Waals surface area contributed by atoms with E-state index in [4.69, 9.17) is 4.74 Å². The van der Waals surface area contributed by atoms with Crippen molar-refractivity contribution >= 4 is 53.4 Å². The molecule has 4 aliphatic rings. The number of halogens is 2. The van der Waals surface area contributed by atoms with Gasteiger partial charge in [-0.15, -0.1) is 0 Å². The summed E-state index contributed by atoms with van der Waals surface area (Å²) in [4.78, 5) is 45.8. The van der Waals surface area contributed by atoms with E-state index in [0.29, 0.717) is 37.2 Å². The van der Waals surface area contributed by atoms with Crippen LogP contribution >= 0.6 is 15.9 Å². The molecule has 4 heterocycles. The van der Waals surface area contributed by atoms with E-state index >= 15 is 4.11 Å². The molecular formula is C36H39BrFN3O5Si. The van der Waals surface area contributed by atoms with Crippen molar-refractivity contribution in [2.24, 2.45) is 5.92 Å². The third kappa shape index (κ3) is 5.35. The van der Waals surface area contributed by atoms with Gasteiger partial charge < -0.3 is 28.7 Å². The van der Waals surface area contributed by atoms with Gasteiger partial charge in [-0.25, -0.2) is 0 Å². The average Bonchev–Trinajstić information content (AvgIpc) is 3.46. The van der Waals surface area contributed by atoms with Crippen LogP contribution in [-0.2, 0) is 44.2 Å². The number of rotatable bonds is 7. The van der Waals surface area contributed by atoms with E-state index in [0.717, 1.165) is 26.9 Å². The highest BCUT2D eigenvalue weighted by molar-refractivity contribution is 9.10. The second kappa shape index (κ2) is 11.9. The number of hydrogen-bond donors (Lipinski definition) is 1. The summed E-state index contributed by atoms with van der Waals surface area (Å²) in [6.07, 6.45) is 0.200. The highest BCUT2D eigenvalue weighted by atomic mass is 79.9. The zero-order valence-corrected chi connectivity index (χ0v) is 29.4. The van der Waals surface area contributed by atoms with Crippen LogP contribution in [-0.4, -0.2) is 61.4 Å². The molecule has 2 fully saturated rings. The summed E-state index contributed by atoms with van der Waals surface area (Å²) < 4.78 is 24.0. The lowest BCUT2D eigenvalue weighted by atomic mass is 9.82. The number of amides is 3. The largest absolute Gasteiger partial charge is 0.394 e. The van der Waals surface area contributed by atoms with Gasteiger partial charge in [0, 0.05) is 46.7 Å². The molecule has 2 saturated heterocycles. The molecule has 0 aliphatic carbocycles. The molecule has 5 atom stereocenters. The van der Waals surface area contributed by atoms with Crippen molar-refractivity contribution < 1.29 is 28.3 Å². The van der Waals surface area contributed by atoms with E-state index in [1.807, 2.05) is 73.7 Å². The lowest BCUT2D eigenvalue weighted by Gasteiger charge is -2.37. The van der Waals surface area contributed by atoms with Crippen LogP contribution in [0.5, 0.6) is 0 Å². The Kier molecular flexibility index (Phi) is 8.18. The van der Waals surface area contributed by atoms with Crippen molar-refractivity contribution in [2.75, 3.05) is 23.0 Å². The lowest BCUT2D eigenvalue weighted by Crippen LogP contribution is -2.48. The Morgan fingerprint density at radius 2 is 1.81 bits per heavy atom. The van der Waals surface area contributed by atoms with E-state index in [-0.39, 0.29) is 43.3 Å². The van der Waals surface area contributed by atoms with Crippen LogP contribution in [0.25, 0.3) is 0 Å². The number of β-lactam (4-membered cyclic amide) rings is 1. The zero-order valence-electron chi connectivity index (χ0n) is 26.8. The molecule has 3 aromatic rings. The molecule has 0 bridgehead atoms. The molecule has 11 heteroatoms. The molecule has 0 radical (unpaired) electrons. The minimum absolute atomic E-state index is 0.0803. The molecule has 47 heavy (non-hydrogen) atoms. The summed E-state index contributed by atoms with van der Waals surface area (Å²) in [6.45, 7) is 6.31. The predicted molar refractivity (Wildman–Crippen MR) is 183 cm³/mol. The summed E-state index contributed by atoms with van der Waals surface area (Å²) in [7, 11) is -3.48. The van der Waals surface area contributed by atoms with E-state index in [2.05, 4.69) is 15.9 Å². The molecule has 1 N–H and O–H groups in total. The summed E-state index contributed by atoms with van der Waals surface area (Å²) in [5.41, 5.74) is 3.14. The number of fused-ring (bicyclic) bond motifs is 3. The highest BCUT2D eigenvalue weighted by Crippen LogP contribution is 2.60. The summed E-state index contributed by atoms with van der Waals surface area (Å²) >= 11 is 3.58. The minimum Gasteiger partial charge on any atom is -0.394 e. The zero-order chi connectivity index (χ0) is 33.2. The first-order valence-corrected chi connectivity index (χ1v) is 20.0. The van der Waals surface area contributed by atoms with Crippen molar-refractivity contribution in [3.05, 3.63) is 93.5 Å². The molecule has 7 rings (SSSR count). The molecule has 3 amide bonds. The maximum atomic E-state index is 16.4. The van der Waals surface area contributed by atoms with E-state index in [1.54, 1.807) is 27.8 Å². The Balaban J connectivity index is 1.20. The fraction of sp³-hybridized carbons (Fsp3) is 0.417. The molecule has 0 aromatic heterocycles. The third-order valence-corrected chi connectivity index (χ3v) is 13.6. The van der Waals surface area contributed by atoms with Gasteiger partial charge >= 0.3 is 0 Å². The number of aliphatic hydroxyl groups is 1. The second-order valence-corrected chi connectivity index (χ2v) is 18.5. The van der Waals surface area contributed by atoms with Crippen molar-refractivity contribution in [3.8, 4) is 0 Å². The summed E-state index contributed by atoms with van der Waals surface area (Å²) in [5.74, 6) is -0.916. The molecule has 0 saturated carbocycles. The number of benzene rings is 3. The number of carbonyl (C=O) groups is 3. The lowest BCUT2D eigenvalue weighted by molar-refractivity contribution is -0.151. The predicted octanol–water partition coefficient (Wildman–Crippen LogP) is 5.84. The van der Waals surface area contributed by atoms with Gasteiger partial charge in [0.2, 0.25) is 20.2 Å². The molecular weight excluding hydrogens is 681 g/mol. The van der Waals surface area contributed by atoms with Gasteiger partial charge in [0.25, 0.3) is 5.91 Å². The van der Waals surface area contributed by atoms with Crippen molar-refractivity contribution in [1.29, 1.82) is 0 Å². The van der Waals surface area contributed by atoms with Gasteiger partial charge in [-0.1, -0.05) is 59.3 Å².